The van der Waals surface area contributed by atoms with Gasteiger partial charge in [-0.05, 0) is 58.0 Å². The number of carbonyl (C=O) groups is 2. The van der Waals surface area contributed by atoms with Crippen molar-refractivity contribution in [1.82, 2.24) is 0 Å². The molecule has 0 bridgehead atoms. The average Bonchev–Trinajstić information content (AvgIpc) is 2.77. The maximum Gasteiger partial charge on any atom is 0.228 e. The van der Waals surface area contributed by atoms with Crippen LogP contribution in [0.1, 0.15) is 37.9 Å². The molecule has 19 heavy (non-hydrogen) atoms. The minimum absolute atomic E-state index is 0.155. The molecule has 0 saturated carbocycles. The monoisotopic (exact) mass is 276 g/mol. The van der Waals surface area contributed by atoms with Crippen LogP contribution in [0, 0.1) is 13.8 Å². The molecule has 0 radical (unpaired) electrons. The Hall–Kier alpha value is -1.55. The topological polar surface area (TPSA) is 47.3 Å². The van der Waals surface area contributed by atoms with Crippen LogP contribution in [0.15, 0.2) is 27.2 Å². The van der Waals surface area contributed by atoms with Gasteiger partial charge in [-0.25, -0.2) is 0 Å². The second-order valence-electron chi connectivity index (χ2n) is 4.88. The fourth-order valence-corrected chi connectivity index (χ4v) is 3.26. The average molecular weight is 276 g/mol. The quantitative estimate of drug-likeness (QED) is 0.732. The van der Waals surface area contributed by atoms with Crippen LogP contribution in [0.4, 0.5) is 0 Å². The van der Waals surface area contributed by atoms with Crippen molar-refractivity contribution in [3.05, 3.63) is 39.9 Å². The van der Waals surface area contributed by atoms with E-state index in [0.717, 1.165) is 40.0 Å². The molecule has 0 aromatic carbocycles. The SMILES string of the molecule is CC(C)=C1C(=O)SC(=O)/C1=C(\C)c1cc(C)oc1C. The summed E-state index contributed by atoms with van der Waals surface area (Å²) < 4.78 is 5.50. The van der Waals surface area contributed by atoms with Gasteiger partial charge < -0.3 is 4.42 Å². The molecule has 0 spiro atoms. The minimum Gasteiger partial charge on any atom is -0.466 e. The van der Waals surface area contributed by atoms with Gasteiger partial charge in [0.1, 0.15) is 11.5 Å². The molecular formula is C15H16O3S. The Labute approximate surface area is 116 Å². The second kappa shape index (κ2) is 4.85. The van der Waals surface area contributed by atoms with Crippen molar-refractivity contribution in [2.24, 2.45) is 0 Å². The minimum atomic E-state index is -0.169. The number of hydrogen-bond acceptors (Lipinski definition) is 4. The Bertz CT molecular complexity index is 640. The van der Waals surface area contributed by atoms with Crippen molar-refractivity contribution in [2.75, 3.05) is 0 Å². The summed E-state index contributed by atoms with van der Waals surface area (Å²) in [5, 5.41) is -0.325. The molecule has 1 aliphatic rings. The van der Waals surface area contributed by atoms with E-state index in [1.165, 1.54) is 0 Å². The van der Waals surface area contributed by atoms with Crippen LogP contribution in [-0.2, 0) is 9.59 Å². The molecule has 3 nitrogen and oxygen atoms in total. The van der Waals surface area contributed by atoms with Gasteiger partial charge in [-0.2, -0.15) is 0 Å². The highest BCUT2D eigenvalue weighted by Crippen LogP contribution is 2.39. The van der Waals surface area contributed by atoms with E-state index >= 15 is 0 Å². The van der Waals surface area contributed by atoms with Gasteiger partial charge in [-0.3, -0.25) is 9.59 Å². The van der Waals surface area contributed by atoms with Gasteiger partial charge in [0.25, 0.3) is 0 Å². The molecule has 1 fully saturated rings. The van der Waals surface area contributed by atoms with Crippen LogP contribution in [0.2, 0.25) is 0 Å². The number of furan rings is 1. The highest BCUT2D eigenvalue weighted by Gasteiger charge is 2.35. The smallest absolute Gasteiger partial charge is 0.228 e. The maximum atomic E-state index is 12.1. The molecule has 0 unspecified atom stereocenters. The summed E-state index contributed by atoms with van der Waals surface area (Å²) in [4.78, 5) is 23.9. The fraction of sp³-hybridized carbons (Fsp3) is 0.333. The van der Waals surface area contributed by atoms with E-state index < -0.39 is 0 Å². The van der Waals surface area contributed by atoms with Crippen LogP contribution >= 0.6 is 11.8 Å². The van der Waals surface area contributed by atoms with Crippen molar-refractivity contribution < 1.29 is 14.0 Å². The van der Waals surface area contributed by atoms with Gasteiger partial charge in [0.05, 0.1) is 0 Å². The third-order valence-corrected chi connectivity index (χ3v) is 3.94. The van der Waals surface area contributed by atoms with Crippen LogP contribution < -0.4 is 0 Å². The van der Waals surface area contributed by atoms with E-state index in [1.807, 2.05) is 40.7 Å². The molecule has 100 valence electrons. The molecular weight excluding hydrogens is 260 g/mol. The normalized spacial score (nSPS) is 18.3. The number of aryl methyl sites for hydroxylation is 2. The lowest BCUT2D eigenvalue weighted by molar-refractivity contribution is -0.107. The summed E-state index contributed by atoms with van der Waals surface area (Å²) in [5.74, 6) is 1.57. The standard InChI is InChI=1S/C15H16O3S/c1-7(2)12-13(15(17)19-14(12)16)9(4)11-6-8(3)18-10(11)5/h6H,1-5H3/b13-9+. The summed E-state index contributed by atoms with van der Waals surface area (Å²) in [6.07, 6.45) is 0. The molecule has 2 rings (SSSR count). The highest BCUT2D eigenvalue weighted by atomic mass is 32.2. The largest absolute Gasteiger partial charge is 0.466 e. The van der Waals surface area contributed by atoms with Gasteiger partial charge in [0.15, 0.2) is 0 Å². The molecule has 0 amide bonds. The van der Waals surface area contributed by atoms with Crippen molar-refractivity contribution in [3.8, 4) is 0 Å². The molecule has 0 aliphatic carbocycles. The fourth-order valence-electron chi connectivity index (χ4n) is 2.32. The van der Waals surface area contributed by atoms with E-state index in [-0.39, 0.29) is 10.2 Å². The van der Waals surface area contributed by atoms with E-state index in [2.05, 4.69) is 0 Å². The van der Waals surface area contributed by atoms with Gasteiger partial charge in [0, 0.05) is 16.7 Å². The van der Waals surface area contributed by atoms with E-state index in [9.17, 15) is 9.59 Å². The number of hydrogen-bond donors (Lipinski definition) is 0. The Balaban J connectivity index is 2.69. The molecule has 0 atom stereocenters. The first kappa shape index (κ1) is 13.9. The summed E-state index contributed by atoms with van der Waals surface area (Å²) in [6, 6.07) is 1.90. The maximum absolute atomic E-state index is 12.1. The molecule has 1 saturated heterocycles. The Kier molecular flexibility index (Phi) is 3.54. The van der Waals surface area contributed by atoms with Gasteiger partial charge >= 0.3 is 0 Å². The van der Waals surface area contributed by atoms with Crippen LogP contribution in [-0.4, -0.2) is 10.2 Å². The van der Waals surface area contributed by atoms with Crippen molar-refractivity contribution >= 4 is 27.6 Å². The van der Waals surface area contributed by atoms with Crippen LogP contribution in [0.5, 0.6) is 0 Å². The summed E-state index contributed by atoms with van der Waals surface area (Å²) in [6.45, 7) is 9.31. The number of thioether (sulfide) groups is 1. The first-order valence-electron chi connectivity index (χ1n) is 6.05. The number of allylic oxidation sites excluding steroid dienone is 2. The predicted molar refractivity (Wildman–Crippen MR) is 76.8 cm³/mol. The van der Waals surface area contributed by atoms with Crippen molar-refractivity contribution in [3.63, 3.8) is 0 Å². The lowest BCUT2D eigenvalue weighted by atomic mass is 9.95. The third-order valence-electron chi connectivity index (χ3n) is 3.16. The molecule has 4 heteroatoms. The zero-order valence-electron chi connectivity index (χ0n) is 11.7. The second-order valence-corrected chi connectivity index (χ2v) is 5.82. The Morgan fingerprint density at radius 2 is 1.63 bits per heavy atom. The highest BCUT2D eigenvalue weighted by molar-refractivity contribution is 8.27. The predicted octanol–water partition coefficient (Wildman–Crippen LogP) is 3.81. The number of rotatable bonds is 1. The summed E-state index contributed by atoms with van der Waals surface area (Å²) in [7, 11) is 0. The van der Waals surface area contributed by atoms with Gasteiger partial charge in [0.2, 0.25) is 10.2 Å². The van der Waals surface area contributed by atoms with Crippen LogP contribution in [0.3, 0.4) is 0 Å². The molecule has 1 aliphatic heterocycles. The molecule has 0 N–H and O–H groups in total. The first-order chi connectivity index (χ1) is 8.82. The van der Waals surface area contributed by atoms with Crippen LogP contribution in [0.25, 0.3) is 5.57 Å². The van der Waals surface area contributed by atoms with E-state index in [0.29, 0.717) is 11.1 Å². The summed E-state index contributed by atoms with van der Waals surface area (Å²) >= 11 is 0.776. The van der Waals surface area contributed by atoms with Gasteiger partial charge in [-0.15, -0.1) is 0 Å². The third kappa shape index (κ3) is 2.32. The lowest BCUT2D eigenvalue weighted by Gasteiger charge is -2.06. The van der Waals surface area contributed by atoms with Gasteiger partial charge in [-0.1, -0.05) is 5.57 Å². The van der Waals surface area contributed by atoms with E-state index in [1.54, 1.807) is 0 Å². The number of carbonyl (C=O) groups excluding carboxylic acids is 2. The molecule has 1 aromatic heterocycles. The zero-order chi connectivity index (χ0) is 14.3. The molecule has 1 aromatic rings. The summed E-state index contributed by atoms with van der Waals surface area (Å²) in [5.41, 5.74) is 3.66. The first-order valence-corrected chi connectivity index (χ1v) is 6.87. The Morgan fingerprint density at radius 3 is 2.11 bits per heavy atom. The van der Waals surface area contributed by atoms with E-state index in [4.69, 9.17) is 4.42 Å². The molecule has 2 heterocycles. The van der Waals surface area contributed by atoms with Crippen molar-refractivity contribution in [1.29, 1.82) is 0 Å². The van der Waals surface area contributed by atoms with Crippen molar-refractivity contribution in [2.45, 2.75) is 34.6 Å². The lowest BCUT2D eigenvalue weighted by Crippen LogP contribution is -1.99. The zero-order valence-corrected chi connectivity index (χ0v) is 12.5. The Morgan fingerprint density at radius 1 is 1.05 bits per heavy atom.